The van der Waals surface area contributed by atoms with Crippen molar-refractivity contribution in [1.82, 2.24) is 0 Å². The van der Waals surface area contributed by atoms with Gasteiger partial charge in [0.25, 0.3) is 0 Å². The van der Waals surface area contributed by atoms with Gasteiger partial charge in [0.1, 0.15) is 0 Å². The lowest BCUT2D eigenvalue weighted by atomic mass is 10.1. The van der Waals surface area contributed by atoms with Gasteiger partial charge in [-0.05, 0) is 25.5 Å². The summed E-state index contributed by atoms with van der Waals surface area (Å²) < 4.78 is 0. The Morgan fingerprint density at radius 3 is 2.94 bits per heavy atom. The fourth-order valence-electron chi connectivity index (χ4n) is 2.06. The van der Waals surface area contributed by atoms with E-state index in [1.165, 1.54) is 5.57 Å². The van der Waals surface area contributed by atoms with E-state index in [-0.39, 0.29) is 0 Å². The number of hydrogen-bond acceptors (Lipinski definition) is 2. The smallest absolute Gasteiger partial charge is 0.152 e. The van der Waals surface area contributed by atoms with Crippen molar-refractivity contribution < 1.29 is 4.79 Å². The van der Waals surface area contributed by atoms with Crippen LogP contribution in [0.3, 0.4) is 0 Å². The van der Waals surface area contributed by atoms with Gasteiger partial charge < -0.3 is 4.90 Å². The van der Waals surface area contributed by atoms with Gasteiger partial charge >= 0.3 is 0 Å². The van der Waals surface area contributed by atoms with Gasteiger partial charge in [-0.15, -0.1) is 0 Å². The number of halogens is 1. The summed E-state index contributed by atoms with van der Waals surface area (Å²) in [5.41, 5.74) is 2.86. The molecule has 0 N–H and O–H groups in total. The molecule has 0 atom stereocenters. The molecule has 1 aliphatic rings. The lowest BCUT2D eigenvalue weighted by Gasteiger charge is -2.30. The molecule has 2 rings (SSSR count). The van der Waals surface area contributed by atoms with Crippen LogP contribution in [0.4, 0.5) is 5.69 Å². The van der Waals surface area contributed by atoms with Crippen LogP contribution in [0.25, 0.3) is 0 Å². The Morgan fingerprint density at radius 1 is 1.44 bits per heavy atom. The molecular formula is C13H14ClNO. The van der Waals surface area contributed by atoms with Crippen molar-refractivity contribution in [3.8, 4) is 0 Å². The summed E-state index contributed by atoms with van der Waals surface area (Å²) in [6.45, 7) is 3.87. The summed E-state index contributed by atoms with van der Waals surface area (Å²) in [6, 6.07) is 5.45. The summed E-state index contributed by atoms with van der Waals surface area (Å²) in [5, 5.41) is 0.652. The SMILES string of the molecule is CC1=CCCN(c2c(Cl)cccc2C=O)C1. The van der Waals surface area contributed by atoms with Gasteiger partial charge in [-0.2, -0.15) is 0 Å². The minimum Gasteiger partial charge on any atom is -0.365 e. The molecule has 0 spiro atoms. The monoisotopic (exact) mass is 235 g/mol. The molecule has 3 heteroatoms. The molecule has 1 aromatic carbocycles. The van der Waals surface area contributed by atoms with Gasteiger partial charge in [0.15, 0.2) is 6.29 Å². The van der Waals surface area contributed by atoms with E-state index in [2.05, 4.69) is 17.9 Å². The third kappa shape index (κ3) is 2.12. The van der Waals surface area contributed by atoms with Crippen LogP contribution in [0.1, 0.15) is 23.7 Å². The first kappa shape index (κ1) is 11.2. The highest BCUT2D eigenvalue weighted by Gasteiger charge is 2.16. The molecule has 0 unspecified atom stereocenters. The van der Waals surface area contributed by atoms with E-state index >= 15 is 0 Å². The van der Waals surface area contributed by atoms with E-state index in [4.69, 9.17) is 11.6 Å². The molecule has 0 saturated heterocycles. The van der Waals surface area contributed by atoms with E-state index in [0.717, 1.165) is 31.5 Å². The topological polar surface area (TPSA) is 20.3 Å². The third-order valence-electron chi connectivity index (χ3n) is 2.79. The van der Waals surface area contributed by atoms with E-state index in [1.807, 2.05) is 18.2 Å². The minimum atomic E-state index is 0.652. The molecule has 0 aromatic heterocycles. The molecule has 1 heterocycles. The van der Waals surface area contributed by atoms with Crippen LogP contribution in [0.2, 0.25) is 5.02 Å². The van der Waals surface area contributed by atoms with E-state index in [9.17, 15) is 4.79 Å². The molecule has 84 valence electrons. The summed E-state index contributed by atoms with van der Waals surface area (Å²) in [5.74, 6) is 0. The number of aldehydes is 1. The summed E-state index contributed by atoms with van der Waals surface area (Å²) in [6.07, 6.45) is 4.11. The van der Waals surface area contributed by atoms with E-state index < -0.39 is 0 Å². The first-order valence-electron chi connectivity index (χ1n) is 5.36. The zero-order valence-corrected chi connectivity index (χ0v) is 10.00. The van der Waals surface area contributed by atoms with Gasteiger partial charge in [-0.1, -0.05) is 29.3 Å². The van der Waals surface area contributed by atoms with E-state index in [1.54, 1.807) is 0 Å². The summed E-state index contributed by atoms with van der Waals surface area (Å²) in [4.78, 5) is 13.2. The first-order chi connectivity index (χ1) is 7.72. The summed E-state index contributed by atoms with van der Waals surface area (Å²) >= 11 is 6.17. The second-order valence-corrected chi connectivity index (χ2v) is 4.46. The lowest BCUT2D eigenvalue weighted by molar-refractivity contribution is 0.112. The van der Waals surface area contributed by atoms with Crippen LogP contribution >= 0.6 is 11.6 Å². The van der Waals surface area contributed by atoms with E-state index in [0.29, 0.717) is 10.6 Å². The molecule has 0 fully saturated rings. The van der Waals surface area contributed by atoms with Crippen molar-refractivity contribution in [2.45, 2.75) is 13.3 Å². The van der Waals surface area contributed by atoms with Crippen LogP contribution in [-0.4, -0.2) is 19.4 Å². The predicted octanol–water partition coefficient (Wildman–Crippen LogP) is 3.31. The number of anilines is 1. The summed E-state index contributed by atoms with van der Waals surface area (Å²) in [7, 11) is 0. The first-order valence-corrected chi connectivity index (χ1v) is 5.74. The maximum Gasteiger partial charge on any atom is 0.152 e. The maximum atomic E-state index is 11.0. The highest BCUT2D eigenvalue weighted by atomic mass is 35.5. The molecular weight excluding hydrogens is 222 g/mol. The Balaban J connectivity index is 2.39. The number of benzene rings is 1. The molecule has 0 amide bonds. The number of rotatable bonds is 2. The fourth-order valence-corrected chi connectivity index (χ4v) is 2.36. The number of hydrogen-bond donors (Lipinski definition) is 0. The predicted molar refractivity (Wildman–Crippen MR) is 67.4 cm³/mol. The average molecular weight is 236 g/mol. The van der Waals surface area contributed by atoms with Crippen LogP contribution in [0.5, 0.6) is 0 Å². The van der Waals surface area contributed by atoms with Crippen molar-refractivity contribution in [3.63, 3.8) is 0 Å². The largest absolute Gasteiger partial charge is 0.365 e. The van der Waals surface area contributed by atoms with Gasteiger partial charge in [-0.3, -0.25) is 4.79 Å². The quantitative estimate of drug-likeness (QED) is 0.579. The van der Waals surface area contributed by atoms with Crippen molar-refractivity contribution >= 4 is 23.6 Å². The Kier molecular flexibility index (Phi) is 3.30. The second kappa shape index (κ2) is 4.71. The third-order valence-corrected chi connectivity index (χ3v) is 3.10. The Labute approximate surface area is 101 Å². The van der Waals surface area contributed by atoms with Crippen molar-refractivity contribution in [3.05, 3.63) is 40.4 Å². The van der Waals surface area contributed by atoms with Crippen molar-refractivity contribution in [2.75, 3.05) is 18.0 Å². The standard InChI is InChI=1S/C13H14ClNO/c1-10-4-3-7-15(8-10)13-11(9-16)5-2-6-12(13)14/h2,4-6,9H,3,7-8H2,1H3. The average Bonchev–Trinajstić information content (AvgIpc) is 2.28. The molecule has 1 aromatic rings. The zero-order chi connectivity index (χ0) is 11.5. The van der Waals surface area contributed by atoms with Crippen LogP contribution in [0.15, 0.2) is 29.8 Å². The number of para-hydroxylation sites is 1. The van der Waals surface area contributed by atoms with Gasteiger partial charge in [0, 0.05) is 18.7 Å². The molecule has 0 bridgehead atoms. The molecule has 2 nitrogen and oxygen atoms in total. The molecule has 0 radical (unpaired) electrons. The second-order valence-electron chi connectivity index (χ2n) is 4.06. The van der Waals surface area contributed by atoms with Gasteiger partial charge in [-0.25, -0.2) is 0 Å². The zero-order valence-electron chi connectivity index (χ0n) is 9.24. The Hall–Kier alpha value is -1.28. The molecule has 0 aliphatic carbocycles. The van der Waals surface area contributed by atoms with Gasteiger partial charge in [0.05, 0.1) is 10.7 Å². The highest BCUT2D eigenvalue weighted by Crippen LogP contribution is 2.30. The Morgan fingerprint density at radius 2 is 2.25 bits per heavy atom. The van der Waals surface area contributed by atoms with Crippen LogP contribution in [0, 0.1) is 0 Å². The number of carbonyl (C=O) groups is 1. The van der Waals surface area contributed by atoms with Crippen molar-refractivity contribution in [1.29, 1.82) is 0 Å². The fraction of sp³-hybridized carbons (Fsp3) is 0.308. The lowest BCUT2D eigenvalue weighted by Crippen LogP contribution is -2.30. The number of carbonyl (C=O) groups excluding carboxylic acids is 1. The number of nitrogens with zero attached hydrogens (tertiary/aromatic N) is 1. The molecule has 16 heavy (non-hydrogen) atoms. The van der Waals surface area contributed by atoms with Crippen LogP contribution in [-0.2, 0) is 0 Å². The normalized spacial score (nSPS) is 15.9. The van der Waals surface area contributed by atoms with Crippen LogP contribution < -0.4 is 4.90 Å². The minimum absolute atomic E-state index is 0.652. The molecule has 0 saturated carbocycles. The molecule has 1 aliphatic heterocycles. The Bertz CT molecular complexity index is 440. The van der Waals surface area contributed by atoms with Crippen molar-refractivity contribution in [2.24, 2.45) is 0 Å². The maximum absolute atomic E-state index is 11.0. The highest BCUT2D eigenvalue weighted by molar-refractivity contribution is 6.33. The van der Waals surface area contributed by atoms with Gasteiger partial charge in [0.2, 0.25) is 0 Å².